The number of rotatable bonds is 5. The summed E-state index contributed by atoms with van der Waals surface area (Å²) >= 11 is 1.70. The average Bonchev–Trinajstić information content (AvgIpc) is 3.25. The minimum Gasteiger partial charge on any atom is -0.460 e. The lowest BCUT2D eigenvalue weighted by Crippen LogP contribution is -2.25. The molecule has 0 bridgehead atoms. The summed E-state index contributed by atoms with van der Waals surface area (Å²) in [5.74, 6) is 4.02. The Morgan fingerprint density at radius 2 is 1.89 bits per heavy atom. The second-order valence-corrected chi connectivity index (χ2v) is 10.9. The second kappa shape index (κ2) is 9.67. The lowest BCUT2D eigenvalue weighted by molar-refractivity contribution is -0.155. The molecule has 0 spiro atoms. The van der Waals surface area contributed by atoms with Crippen LogP contribution >= 0.6 is 11.3 Å². The maximum Gasteiger partial charge on any atom is 0.308 e. The van der Waals surface area contributed by atoms with Gasteiger partial charge in [-0.1, -0.05) is 30.2 Å². The smallest absolute Gasteiger partial charge is 0.308 e. The van der Waals surface area contributed by atoms with Gasteiger partial charge in [-0.2, -0.15) is 0 Å². The molecule has 182 valence electrons. The molecule has 0 radical (unpaired) electrons. The highest BCUT2D eigenvalue weighted by Gasteiger charge is 2.33. The first kappa shape index (κ1) is 24.7. The van der Waals surface area contributed by atoms with Gasteiger partial charge in [-0.05, 0) is 59.1 Å². The first-order valence-corrected chi connectivity index (χ1v) is 12.5. The molecule has 35 heavy (non-hydrogen) atoms. The first-order valence-electron chi connectivity index (χ1n) is 11.7. The van der Waals surface area contributed by atoms with Crippen LogP contribution in [0.3, 0.4) is 0 Å². The van der Waals surface area contributed by atoms with Crippen LogP contribution < -0.4 is 5.73 Å². The fourth-order valence-corrected chi connectivity index (χ4v) is 5.39. The summed E-state index contributed by atoms with van der Waals surface area (Å²) in [7, 11) is 0. The molecular formula is C27H31N5O2S. The number of hydrogen-bond donors (Lipinski definition) is 1. The van der Waals surface area contributed by atoms with E-state index >= 15 is 0 Å². The van der Waals surface area contributed by atoms with Crippen LogP contribution in [0.4, 0.5) is 0 Å². The Bertz CT molecular complexity index is 1350. The zero-order valence-electron chi connectivity index (χ0n) is 21.1. The summed E-state index contributed by atoms with van der Waals surface area (Å²) in [6.07, 6.45) is 1.64. The molecule has 4 rings (SSSR count). The van der Waals surface area contributed by atoms with E-state index in [0.29, 0.717) is 5.82 Å². The van der Waals surface area contributed by atoms with Crippen molar-refractivity contribution in [1.82, 2.24) is 14.8 Å². The molecule has 7 nitrogen and oxygen atoms in total. The van der Waals surface area contributed by atoms with Gasteiger partial charge in [-0.15, -0.1) is 21.5 Å². The Balaban J connectivity index is 1.82. The lowest BCUT2D eigenvalue weighted by Gasteiger charge is -2.21. The van der Waals surface area contributed by atoms with E-state index < -0.39 is 11.6 Å². The lowest BCUT2D eigenvalue weighted by atomic mass is 9.98. The topological polar surface area (TPSA) is 95.4 Å². The van der Waals surface area contributed by atoms with Crippen LogP contribution in [-0.2, 0) is 16.0 Å². The van der Waals surface area contributed by atoms with E-state index in [9.17, 15) is 4.79 Å². The Morgan fingerprint density at radius 3 is 2.54 bits per heavy atom. The van der Waals surface area contributed by atoms with Gasteiger partial charge < -0.3 is 10.5 Å². The third-order valence-corrected chi connectivity index (χ3v) is 7.08. The Hall–Kier alpha value is -3.44. The monoisotopic (exact) mass is 489 g/mol. The summed E-state index contributed by atoms with van der Waals surface area (Å²) in [5, 5.41) is 9.82. The molecule has 0 unspecified atom stereocenters. The van der Waals surface area contributed by atoms with E-state index in [1.165, 1.54) is 16.0 Å². The summed E-state index contributed by atoms with van der Waals surface area (Å²) < 4.78 is 7.67. The molecule has 1 atom stereocenters. The Kier molecular flexibility index (Phi) is 6.82. The van der Waals surface area contributed by atoms with Crippen molar-refractivity contribution < 1.29 is 9.53 Å². The number of aliphatic imine (C=N–C) groups is 1. The number of nitrogens with zero attached hydrogens (tertiary/aromatic N) is 4. The van der Waals surface area contributed by atoms with Crippen molar-refractivity contribution in [2.75, 3.05) is 0 Å². The van der Waals surface area contributed by atoms with E-state index in [1.807, 2.05) is 32.3 Å². The maximum absolute atomic E-state index is 12.8. The van der Waals surface area contributed by atoms with Crippen molar-refractivity contribution in [3.63, 3.8) is 0 Å². The molecule has 1 aliphatic rings. The summed E-state index contributed by atoms with van der Waals surface area (Å²) in [5.41, 5.74) is 9.97. The predicted octanol–water partition coefficient (Wildman–Crippen LogP) is 4.73. The highest BCUT2D eigenvalue weighted by molar-refractivity contribution is 7.15. The number of hydrogen-bond acceptors (Lipinski definition) is 7. The van der Waals surface area contributed by atoms with Crippen LogP contribution in [0.15, 0.2) is 29.3 Å². The van der Waals surface area contributed by atoms with Gasteiger partial charge >= 0.3 is 5.97 Å². The molecule has 1 aliphatic heterocycles. The number of esters is 1. The maximum atomic E-state index is 12.8. The Morgan fingerprint density at radius 1 is 1.17 bits per heavy atom. The standard InChI is InChI=1S/C27H31N5O2S/c1-16-17(2)35-26-23(16)24(20-12-10-19(11-13-20)9-7-8-14-28)29-21(15-22(33)34-27(4,5)6)25-31-30-18(3)32(25)26/h10-13,21H,7,9,15,28H2,1-6H3/t21-/m1/s1. The van der Waals surface area contributed by atoms with E-state index in [-0.39, 0.29) is 12.4 Å². The average molecular weight is 490 g/mol. The van der Waals surface area contributed by atoms with E-state index in [2.05, 4.69) is 60.3 Å². The largest absolute Gasteiger partial charge is 0.460 e. The van der Waals surface area contributed by atoms with Crippen LogP contribution in [0, 0.1) is 32.7 Å². The van der Waals surface area contributed by atoms with Gasteiger partial charge in [0, 0.05) is 28.5 Å². The predicted molar refractivity (Wildman–Crippen MR) is 139 cm³/mol. The van der Waals surface area contributed by atoms with Gasteiger partial charge in [0.25, 0.3) is 0 Å². The highest BCUT2D eigenvalue weighted by Crippen LogP contribution is 2.39. The molecule has 0 saturated carbocycles. The van der Waals surface area contributed by atoms with Gasteiger partial charge in [-0.25, -0.2) is 0 Å². The number of carbonyl (C=O) groups is 1. The highest BCUT2D eigenvalue weighted by atomic mass is 32.1. The number of aromatic nitrogens is 3. The van der Waals surface area contributed by atoms with Crippen molar-refractivity contribution in [2.24, 2.45) is 10.7 Å². The van der Waals surface area contributed by atoms with Crippen molar-refractivity contribution in [2.45, 2.75) is 72.4 Å². The minimum absolute atomic E-state index is 0.0850. The molecule has 0 amide bonds. The van der Waals surface area contributed by atoms with Gasteiger partial charge in [0.05, 0.1) is 12.1 Å². The van der Waals surface area contributed by atoms with Gasteiger partial charge in [0.15, 0.2) is 5.82 Å². The van der Waals surface area contributed by atoms with Gasteiger partial charge in [0.1, 0.15) is 22.5 Å². The summed E-state index contributed by atoms with van der Waals surface area (Å²) in [4.78, 5) is 19.2. The SMILES string of the molecule is Cc1sc2c(c1C)C(c1ccc(CCC#CN)cc1)=N[C@H](CC(=O)OC(C)(C)C)c1nnc(C)n1-2. The molecule has 0 saturated heterocycles. The third-order valence-electron chi connectivity index (χ3n) is 5.89. The van der Waals surface area contributed by atoms with Crippen molar-refractivity contribution in [3.8, 4) is 17.0 Å². The number of carbonyl (C=O) groups excluding carboxylic acids is 1. The molecule has 8 heteroatoms. The van der Waals surface area contributed by atoms with Gasteiger partial charge in [-0.3, -0.25) is 14.4 Å². The molecule has 0 aliphatic carbocycles. The van der Waals surface area contributed by atoms with Gasteiger partial charge in [0.2, 0.25) is 0 Å². The Labute approximate surface area is 210 Å². The normalized spacial score (nSPS) is 14.8. The third kappa shape index (κ3) is 5.15. The zero-order valence-corrected chi connectivity index (χ0v) is 21.9. The molecule has 2 N–H and O–H groups in total. The van der Waals surface area contributed by atoms with Crippen LogP contribution in [0.2, 0.25) is 0 Å². The molecule has 1 aromatic carbocycles. The fraction of sp³-hybridized carbons (Fsp3) is 0.407. The van der Waals surface area contributed by atoms with Crippen molar-refractivity contribution in [1.29, 1.82) is 0 Å². The molecular weight excluding hydrogens is 458 g/mol. The number of ether oxygens (including phenoxy) is 1. The van der Waals surface area contributed by atoms with E-state index in [1.54, 1.807) is 11.3 Å². The fourth-order valence-electron chi connectivity index (χ4n) is 4.17. The first-order chi connectivity index (χ1) is 16.6. The summed E-state index contributed by atoms with van der Waals surface area (Å²) in [6, 6.07) is 10.3. The number of aryl methyl sites for hydroxylation is 3. The van der Waals surface area contributed by atoms with Crippen LogP contribution in [0.5, 0.6) is 0 Å². The molecule has 3 heterocycles. The number of benzene rings is 1. The van der Waals surface area contributed by atoms with E-state index in [4.69, 9.17) is 15.5 Å². The molecule has 0 fully saturated rings. The molecule has 3 aromatic rings. The van der Waals surface area contributed by atoms with Crippen LogP contribution in [0.25, 0.3) is 5.00 Å². The van der Waals surface area contributed by atoms with Crippen molar-refractivity contribution >= 4 is 23.0 Å². The van der Waals surface area contributed by atoms with Crippen LogP contribution in [-0.4, -0.2) is 32.0 Å². The minimum atomic E-state index is -0.575. The number of thiophene rings is 1. The van der Waals surface area contributed by atoms with Crippen molar-refractivity contribution in [3.05, 3.63) is 63.0 Å². The molecule has 2 aromatic heterocycles. The number of nitrogens with two attached hydrogens (primary N) is 1. The second-order valence-electron chi connectivity index (χ2n) is 9.71. The van der Waals surface area contributed by atoms with E-state index in [0.717, 1.165) is 40.5 Å². The quantitative estimate of drug-likeness (QED) is 0.318. The number of fused-ring (bicyclic) bond motifs is 3. The van der Waals surface area contributed by atoms with Crippen LogP contribution in [0.1, 0.15) is 78.4 Å². The zero-order chi connectivity index (χ0) is 25.3. The summed E-state index contributed by atoms with van der Waals surface area (Å²) in [6.45, 7) is 11.8.